The molecule has 0 aliphatic heterocycles. The number of hydrogen-bond donors (Lipinski definition) is 2. The van der Waals surface area contributed by atoms with Crippen molar-refractivity contribution in [3.63, 3.8) is 0 Å². The average molecular weight is 381 g/mol. The van der Waals surface area contributed by atoms with Gasteiger partial charge in [0.05, 0.1) is 16.8 Å². The molecule has 0 aliphatic carbocycles. The van der Waals surface area contributed by atoms with Crippen LogP contribution in [0, 0.1) is 13.8 Å². The quantitative estimate of drug-likeness (QED) is 0.552. The fourth-order valence-corrected chi connectivity index (χ4v) is 3.04. The van der Waals surface area contributed by atoms with Crippen molar-refractivity contribution < 1.29 is 14.1 Å². The minimum atomic E-state index is -0.141. The summed E-state index contributed by atoms with van der Waals surface area (Å²) in [6.07, 6.45) is 1.07. The molecule has 2 N–H and O–H groups in total. The fourth-order valence-electron chi connectivity index (χ4n) is 3.04. The number of nitrogens with zero attached hydrogens (tertiary/aromatic N) is 1. The molecule has 0 aliphatic rings. The lowest BCUT2D eigenvalue weighted by Crippen LogP contribution is -2.32. The molecule has 0 bridgehead atoms. The summed E-state index contributed by atoms with van der Waals surface area (Å²) in [5.74, 6) is 1.14. The van der Waals surface area contributed by atoms with Gasteiger partial charge < -0.3 is 19.9 Å². The SMILES string of the molecule is CCCNCCNC(=O)c1cc2ccccc2cc1OCc1c(C)noc1C. The third kappa shape index (κ3) is 4.70. The first-order valence-corrected chi connectivity index (χ1v) is 9.66. The number of carbonyl (C=O) groups excluding carboxylic acids is 1. The smallest absolute Gasteiger partial charge is 0.255 e. The van der Waals surface area contributed by atoms with Crippen molar-refractivity contribution in [3.05, 3.63) is 59.0 Å². The number of amides is 1. The topological polar surface area (TPSA) is 76.4 Å². The number of benzene rings is 2. The number of aryl methyl sites for hydroxylation is 2. The lowest BCUT2D eigenvalue weighted by molar-refractivity contribution is 0.0949. The highest BCUT2D eigenvalue weighted by Crippen LogP contribution is 2.27. The first kappa shape index (κ1) is 19.9. The van der Waals surface area contributed by atoms with Crippen LogP contribution in [0.1, 0.15) is 40.7 Å². The summed E-state index contributed by atoms with van der Waals surface area (Å²) in [7, 11) is 0. The van der Waals surface area contributed by atoms with Gasteiger partial charge >= 0.3 is 0 Å². The summed E-state index contributed by atoms with van der Waals surface area (Å²) in [6, 6.07) is 11.7. The molecule has 0 saturated heterocycles. The summed E-state index contributed by atoms with van der Waals surface area (Å²) < 4.78 is 11.2. The van der Waals surface area contributed by atoms with Gasteiger partial charge in [0.15, 0.2) is 0 Å². The Morgan fingerprint density at radius 1 is 1.11 bits per heavy atom. The Hall–Kier alpha value is -2.86. The van der Waals surface area contributed by atoms with Gasteiger partial charge in [-0.15, -0.1) is 0 Å². The zero-order valence-corrected chi connectivity index (χ0v) is 16.7. The molecule has 6 heteroatoms. The third-order valence-electron chi connectivity index (χ3n) is 4.66. The minimum Gasteiger partial charge on any atom is -0.488 e. The van der Waals surface area contributed by atoms with E-state index in [1.165, 1.54) is 0 Å². The van der Waals surface area contributed by atoms with Gasteiger partial charge in [-0.25, -0.2) is 0 Å². The first-order valence-electron chi connectivity index (χ1n) is 9.66. The molecule has 0 radical (unpaired) electrons. The van der Waals surface area contributed by atoms with E-state index in [2.05, 4.69) is 22.7 Å². The van der Waals surface area contributed by atoms with Crippen LogP contribution in [0.5, 0.6) is 5.75 Å². The largest absolute Gasteiger partial charge is 0.488 e. The first-order chi connectivity index (χ1) is 13.6. The van der Waals surface area contributed by atoms with E-state index in [0.717, 1.165) is 47.3 Å². The molecule has 2 aromatic carbocycles. The molecule has 0 unspecified atom stereocenters. The van der Waals surface area contributed by atoms with Crippen LogP contribution < -0.4 is 15.4 Å². The zero-order valence-electron chi connectivity index (χ0n) is 16.7. The Kier molecular flexibility index (Phi) is 6.66. The van der Waals surface area contributed by atoms with Crippen molar-refractivity contribution >= 4 is 16.7 Å². The molecule has 1 heterocycles. The summed E-state index contributed by atoms with van der Waals surface area (Å²) in [6.45, 7) is 8.40. The normalized spacial score (nSPS) is 11.0. The Morgan fingerprint density at radius 3 is 2.54 bits per heavy atom. The molecule has 1 aromatic heterocycles. The summed E-state index contributed by atoms with van der Waals surface area (Å²) in [5.41, 5.74) is 2.23. The highest BCUT2D eigenvalue weighted by Gasteiger charge is 2.16. The molecule has 0 fully saturated rings. The minimum absolute atomic E-state index is 0.141. The number of aromatic nitrogens is 1. The predicted octanol–water partition coefficient (Wildman–Crippen LogP) is 3.75. The van der Waals surface area contributed by atoms with Crippen LogP contribution in [0.15, 0.2) is 40.9 Å². The van der Waals surface area contributed by atoms with Crippen LogP contribution in [-0.2, 0) is 6.61 Å². The molecule has 0 saturated carbocycles. The molecule has 148 valence electrons. The van der Waals surface area contributed by atoms with Crippen LogP contribution in [0.25, 0.3) is 10.8 Å². The van der Waals surface area contributed by atoms with E-state index < -0.39 is 0 Å². The highest BCUT2D eigenvalue weighted by atomic mass is 16.5. The second kappa shape index (κ2) is 9.37. The molecule has 6 nitrogen and oxygen atoms in total. The molecular formula is C22H27N3O3. The number of ether oxygens (including phenoxy) is 1. The number of nitrogens with one attached hydrogen (secondary N) is 2. The summed E-state index contributed by atoms with van der Waals surface area (Å²) in [4.78, 5) is 12.8. The van der Waals surface area contributed by atoms with Gasteiger partial charge in [-0.1, -0.05) is 36.3 Å². The highest BCUT2D eigenvalue weighted by molar-refractivity contribution is 6.01. The number of rotatable bonds is 9. The van der Waals surface area contributed by atoms with Gasteiger partial charge in [0.25, 0.3) is 5.91 Å². The maximum atomic E-state index is 12.8. The van der Waals surface area contributed by atoms with Gasteiger partial charge in [0.1, 0.15) is 18.1 Å². The zero-order chi connectivity index (χ0) is 19.9. The van der Waals surface area contributed by atoms with Gasteiger partial charge in [-0.05, 0) is 49.7 Å². The van der Waals surface area contributed by atoms with Crippen molar-refractivity contribution in [2.24, 2.45) is 0 Å². The molecule has 3 rings (SSSR count). The maximum absolute atomic E-state index is 12.8. The Morgan fingerprint density at radius 2 is 1.86 bits per heavy atom. The number of carbonyl (C=O) groups is 1. The monoisotopic (exact) mass is 381 g/mol. The fraction of sp³-hybridized carbons (Fsp3) is 0.364. The molecule has 1 amide bonds. The van der Waals surface area contributed by atoms with Crippen molar-refractivity contribution in [2.75, 3.05) is 19.6 Å². The average Bonchev–Trinajstić information content (AvgIpc) is 3.03. The Balaban J connectivity index is 1.80. The van der Waals surface area contributed by atoms with E-state index in [0.29, 0.717) is 24.5 Å². The van der Waals surface area contributed by atoms with Crippen LogP contribution in [0.2, 0.25) is 0 Å². The van der Waals surface area contributed by atoms with E-state index in [1.807, 2.05) is 50.2 Å². The number of fused-ring (bicyclic) bond motifs is 1. The Bertz CT molecular complexity index is 930. The molecule has 3 aromatic rings. The lowest BCUT2D eigenvalue weighted by atomic mass is 10.1. The van der Waals surface area contributed by atoms with Crippen LogP contribution in [0.3, 0.4) is 0 Å². The number of hydrogen-bond acceptors (Lipinski definition) is 5. The summed E-state index contributed by atoms with van der Waals surface area (Å²) >= 11 is 0. The van der Waals surface area contributed by atoms with Gasteiger partial charge in [0, 0.05) is 13.1 Å². The van der Waals surface area contributed by atoms with Gasteiger partial charge in [-0.2, -0.15) is 0 Å². The van der Waals surface area contributed by atoms with Crippen molar-refractivity contribution in [1.29, 1.82) is 0 Å². The van der Waals surface area contributed by atoms with Crippen LogP contribution in [-0.4, -0.2) is 30.7 Å². The lowest BCUT2D eigenvalue weighted by Gasteiger charge is -2.14. The standard InChI is InChI=1S/C22H27N3O3/c1-4-9-23-10-11-24-22(26)19-12-17-7-5-6-8-18(17)13-21(19)27-14-20-15(2)25-28-16(20)3/h5-8,12-13,23H,4,9-11,14H2,1-3H3,(H,24,26). The van der Waals surface area contributed by atoms with Crippen molar-refractivity contribution in [1.82, 2.24) is 15.8 Å². The van der Waals surface area contributed by atoms with E-state index >= 15 is 0 Å². The van der Waals surface area contributed by atoms with E-state index in [1.54, 1.807) is 0 Å². The van der Waals surface area contributed by atoms with E-state index in [9.17, 15) is 4.79 Å². The van der Waals surface area contributed by atoms with E-state index in [4.69, 9.17) is 9.26 Å². The molecule has 28 heavy (non-hydrogen) atoms. The van der Waals surface area contributed by atoms with Gasteiger partial charge in [0.2, 0.25) is 0 Å². The van der Waals surface area contributed by atoms with Crippen molar-refractivity contribution in [3.8, 4) is 5.75 Å². The summed E-state index contributed by atoms with van der Waals surface area (Å²) in [5, 5.41) is 12.2. The van der Waals surface area contributed by atoms with Gasteiger partial charge in [-0.3, -0.25) is 4.79 Å². The second-order valence-corrected chi connectivity index (χ2v) is 6.79. The second-order valence-electron chi connectivity index (χ2n) is 6.79. The predicted molar refractivity (Wildman–Crippen MR) is 110 cm³/mol. The maximum Gasteiger partial charge on any atom is 0.255 e. The third-order valence-corrected chi connectivity index (χ3v) is 4.66. The molecule has 0 atom stereocenters. The van der Waals surface area contributed by atoms with Crippen LogP contribution in [0.4, 0.5) is 0 Å². The van der Waals surface area contributed by atoms with Crippen molar-refractivity contribution in [2.45, 2.75) is 33.8 Å². The van der Waals surface area contributed by atoms with E-state index in [-0.39, 0.29) is 5.91 Å². The molecule has 0 spiro atoms. The Labute approximate surface area is 165 Å². The van der Waals surface area contributed by atoms with Crippen LogP contribution >= 0.6 is 0 Å². The molecular weight excluding hydrogens is 354 g/mol.